The van der Waals surface area contributed by atoms with Crippen LogP contribution in [-0.2, 0) is 20.1 Å². The van der Waals surface area contributed by atoms with Crippen molar-refractivity contribution in [2.45, 2.75) is 32.9 Å². The number of para-hydroxylation sites is 1. The molecule has 1 heterocycles. The van der Waals surface area contributed by atoms with Gasteiger partial charge in [-0.1, -0.05) is 23.7 Å². The van der Waals surface area contributed by atoms with E-state index in [9.17, 15) is 0 Å². The molecule has 2 rings (SSSR count). The Hall–Kier alpha value is -1.52. The highest BCUT2D eigenvalue weighted by Gasteiger charge is 2.11. The molecule has 5 heteroatoms. The molecule has 0 saturated carbocycles. The van der Waals surface area contributed by atoms with Crippen molar-refractivity contribution in [3.63, 3.8) is 0 Å². The van der Waals surface area contributed by atoms with E-state index < -0.39 is 0 Å². The highest BCUT2D eigenvalue weighted by atomic mass is 35.5. The summed E-state index contributed by atoms with van der Waals surface area (Å²) in [5.74, 6) is 0.713. The van der Waals surface area contributed by atoms with Gasteiger partial charge in [-0.15, -0.1) is 0 Å². The van der Waals surface area contributed by atoms with Crippen molar-refractivity contribution in [2.24, 2.45) is 12.8 Å². The fourth-order valence-corrected chi connectivity index (χ4v) is 2.42. The maximum Gasteiger partial charge on any atom is 0.141 e. The predicted molar refractivity (Wildman–Crippen MR) is 81.1 cm³/mol. The molecular formula is C15H20ClN3O. The topological polar surface area (TPSA) is 53.1 Å². The van der Waals surface area contributed by atoms with Gasteiger partial charge in [0.05, 0.1) is 16.4 Å². The number of benzene rings is 1. The summed E-state index contributed by atoms with van der Waals surface area (Å²) in [6, 6.07) is 7.81. The number of hydrogen-bond acceptors (Lipinski definition) is 3. The van der Waals surface area contributed by atoms with Gasteiger partial charge in [0, 0.05) is 13.1 Å². The van der Waals surface area contributed by atoms with E-state index in [1.807, 2.05) is 49.8 Å². The van der Waals surface area contributed by atoms with Crippen molar-refractivity contribution in [1.82, 2.24) is 9.78 Å². The van der Waals surface area contributed by atoms with Crippen LogP contribution in [0, 0.1) is 6.92 Å². The van der Waals surface area contributed by atoms with E-state index in [2.05, 4.69) is 5.10 Å². The van der Waals surface area contributed by atoms with Gasteiger partial charge in [-0.05, 0) is 38.0 Å². The standard InChI is InChI=1S/C15H20ClN3O/c1-10(17)7-12-5-4-6-14(16)15(12)20-9-13-8-11(2)18-19(13)3/h4-6,8,10H,7,9,17H2,1-3H3. The maximum atomic E-state index is 6.24. The van der Waals surface area contributed by atoms with Crippen molar-refractivity contribution in [1.29, 1.82) is 0 Å². The molecule has 1 atom stereocenters. The van der Waals surface area contributed by atoms with Gasteiger partial charge in [-0.25, -0.2) is 0 Å². The Bertz CT molecular complexity index is 593. The van der Waals surface area contributed by atoms with Gasteiger partial charge in [0.25, 0.3) is 0 Å². The van der Waals surface area contributed by atoms with Crippen LogP contribution in [0.1, 0.15) is 23.9 Å². The molecule has 0 amide bonds. The van der Waals surface area contributed by atoms with Crippen LogP contribution in [-0.4, -0.2) is 15.8 Å². The Morgan fingerprint density at radius 2 is 2.20 bits per heavy atom. The zero-order chi connectivity index (χ0) is 14.7. The summed E-state index contributed by atoms with van der Waals surface area (Å²) in [6.45, 7) is 4.36. The van der Waals surface area contributed by atoms with Gasteiger partial charge in [0.2, 0.25) is 0 Å². The van der Waals surface area contributed by atoms with Gasteiger partial charge in [0.15, 0.2) is 0 Å². The molecule has 0 saturated heterocycles. The van der Waals surface area contributed by atoms with Crippen molar-refractivity contribution in [3.05, 3.63) is 46.2 Å². The maximum absolute atomic E-state index is 6.24. The fraction of sp³-hybridized carbons (Fsp3) is 0.400. The van der Waals surface area contributed by atoms with Crippen LogP contribution in [0.2, 0.25) is 5.02 Å². The normalized spacial score (nSPS) is 12.4. The molecule has 0 fully saturated rings. The second-order valence-corrected chi connectivity index (χ2v) is 5.51. The van der Waals surface area contributed by atoms with Gasteiger partial charge in [-0.2, -0.15) is 5.10 Å². The predicted octanol–water partition coefficient (Wildman–Crippen LogP) is 2.85. The molecule has 0 bridgehead atoms. The summed E-state index contributed by atoms with van der Waals surface area (Å²) in [5.41, 5.74) is 8.88. The molecule has 0 spiro atoms. The van der Waals surface area contributed by atoms with Gasteiger partial charge < -0.3 is 10.5 Å². The molecule has 1 aromatic carbocycles. The van der Waals surface area contributed by atoms with Crippen LogP contribution >= 0.6 is 11.6 Å². The van der Waals surface area contributed by atoms with Crippen molar-refractivity contribution in [3.8, 4) is 5.75 Å². The molecule has 1 unspecified atom stereocenters. The first-order valence-electron chi connectivity index (χ1n) is 6.62. The Morgan fingerprint density at radius 1 is 1.45 bits per heavy atom. The van der Waals surface area contributed by atoms with E-state index in [1.54, 1.807) is 0 Å². The molecule has 20 heavy (non-hydrogen) atoms. The summed E-state index contributed by atoms with van der Waals surface area (Å²) in [6.07, 6.45) is 0.736. The summed E-state index contributed by atoms with van der Waals surface area (Å²) >= 11 is 6.24. The lowest BCUT2D eigenvalue weighted by Gasteiger charge is -2.14. The number of aryl methyl sites for hydroxylation is 2. The fourth-order valence-electron chi connectivity index (χ4n) is 2.17. The number of nitrogens with two attached hydrogens (primary N) is 1. The van der Waals surface area contributed by atoms with E-state index in [0.29, 0.717) is 17.4 Å². The second-order valence-electron chi connectivity index (χ2n) is 5.10. The summed E-state index contributed by atoms with van der Waals surface area (Å²) in [4.78, 5) is 0. The first-order valence-corrected chi connectivity index (χ1v) is 7.00. The molecule has 2 aromatic rings. The summed E-state index contributed by atoms with van der Waals surface area (Å²) < 4.78 is 7.72. The molecule has 4 nitrogen and oxygen atoms in total. The third-order valence-corrected chi connectivity index (χ3v) is 3.35. The average molecular weight is 294 g/mol. The van der Waals surface area contributed by atoms with E-state index in [1.165, 1.54) is 0 Å². The Balaban J connectivity index is 2.18. The first-order chi connectivity index (χ1) is 9.47. The van der Waals surface area contributed by atoms with Gasteiger partial charge in [0.1, 0.15) is 12.4 Å². The monoisotopic (exact) mass is 293 g/mol. The molecule has 0 aliphatic heterocycles. The summed E-state index contributed by atoms with van der Waals surface area (Å²) in [7, 11) is 1.90. The third kappa shape index (κ3) is 3.52. The lowest BCUT2D eigenvalue weighted by molar-refractivity contribution is 0.291. The average Bonchev–Trinajstić information content (AvgIpc) is 2.66. The minimum atomic E-state index is 0.0646. The highest BCUT2D eigenvalue weighted by molar-refractivity contribution is 6.32. The summed E-state index contributed by atoms with van der Waals surface area (Å²) in [5, 5.41) is 4.91. The molecule has 0 radical (unpaired) electrons. The van der Waals surface area contributed by atoms with Crippen molar-refractivity contribution < 1.29 is 4.74 Å². The largest absolute Gasteiger partial charge is 0.485 e. The van der Waals surface area contributed by atoms with Crippen LogP contribution in [0.15, 0.2) is 24.3 Å². The van der Waals surface area contributed by atoms with E-state index >= 15 is 0 Å². The van der Waals surface area contributed by atoms with Crippen molar-refractivity contribution >= 4 is 11.6 Å². The lowest BCUT2D eigenvalue weighted by atomic mass is 10.1. The van der Waals surface area contributed by atoms with Crippen molar-refractivity contribution in [2.75, 3.05) is 0 Å². The number of aromatic nitrogens is 2. The Morgan fingerprint density at radius 3 is 2.80 bits per heavy atom. The minimum Gasteiger partial charge on any atom is -0.485 e. The second kappa shape index (κ2) is 6.29. The molecule has 108 valence electrons. The number of halogens is 1. The molecule has 2 N–H and O–H groups in total. The van der Waals surface area contributed by atoms with E-state index in [-0.39, 0.29) is 6.04 Å². The SMILES string of the molecule is Cc1cc(COc2c(Cl)cccc2CC(C)N)n(C)n1. The Labute approximate surface area is 124 Å². The molecule has 0 aliphatic carbocycles. The number of hydrogen-bond donors (Lipinski definition) is 1. The quantitative estimate of drug-likeness (QED) is 0.922. The van der Waals surface area contributed by atoms with Crippen LogP contribution in [0.3, 0.4) is 0 Å². The number of ether oxygens (including phenoxy) is 1. The number of nitrogens with zero attached hydrogens (tertiary/aromatic N) is 2. The third-order valence-electron chi connectivity index (χ3n) is 3.05. The molecule has 1 aromatic heterocycles. The van der Waals surface area contributed by atoms with Gasteiger partial charge >= 0.3 is 0 Å². The lowest BCUT2D eigenvalue weighted by Crippen LogP contribution is -2.18. The highest BCUT2D eigenvalue weighted by Crippen LogP contribution is 2.30. The Kier molecular flexibility index (Phi) is 4.68. The van der Waals surface area contributed by atoms with E-state index in [0.717, 1.165) is 23.4 Å². The first kappa shape index (κ1) is 14.9. The van der Waals surface area contributed by atoms with Crippen LogP contribution in [0.4, 0.5) is 0 Å². The van der Waals surface area contributed by atoms with Gasteiger partial charge in [-0.3, -0.25) is 4.68 Å². The zero-order valence-corrected chi connectivity index (χ0v) is 12.8. The smallest absolute Gasteiger partial charge is 0.141 e. The minimum absolute atomic E-state index is 0.0646. The van der Waals surface area contributed by atoms with Crippen LogP contribution in [0.25, 0.3) is 0 Å². The molecule has 0 aliphatic rings. The van der Waals surface area contributed by atoms with Crippen LogP contribution in [0.5, 0.6) is 5.75 Å². The van der Waals surface area contributed by atoms with Crippen LogP contribution < -0.4 is 10.5 Å². The zero-order valence-electron chi connectivity index (χ0n) is 12.1. The number of rotatable bonds is 5. The molecular weight excluding hydrogens is 274 g/mol. The van der Waals surface area contributed by atoms with E-state index in [4.69, 9.17) is 22.1 Å².